The van der Waals surface area contributed by atoms with Gasteiger partial charge in [-0.05, 0) is 18.8 Å². The Morgan fingerprint density at radius 1 is 1.36 bits per heavy atom. The molecule has 0 amide bonds. The van der Waals surface area contributed by atoms with E-state index in [2.05, 4.69) is 4.18 Å². The van der Waals surface area contributed by atoms with Crippen LogP contribution < -0.4 is 0 Å². The van der Waals surface area contributed by atoms with E-state index >= 15 is 0 Å². The van der Waals surface area contributed by atoms with E-state index in [-0.39, 0.29) is 0 Å². The maximum Gasteiger partial charge on any atom is 0.301 e. The van der Waals surface area contributed by atoms with E-state index in [0.29, 0.717) is 12.5 Å². The SMILES string of the molecule is O=S(O)OCC1CCCCC1. The molecule has 0 aromatic carbocycles. The Kier molecular flexibility index (Phi) is 4.04. The summed E-state index contributed by atoms with van der Waals surface area (Å²) in [5.41, 5.74) is 0. The lowest BCUT2D eigenvalue weighted by molar-refractivity contribution is 0.210. The van der Waals surface area contributed by atoms with Crippen molar-refractivity contribution in [3.05, 3.63) is 0 Å². The van der Waals surface area contributed by atoms with Crippen LogP contribution in [0.2, 0.25) is 0 Å². The Bertz CT molecular complexity index is 132. The van der Waals surface area contributed by atoms with Gasteiger partial charge < -0.3 is 0 Å². The summed E-state index contributed by atoms with van der Waals surface area (Å²) >= 11 is -2.07. The molecule has 0 saturated heterocycles. The molecule has 1 rings (SSSR count). The first-order chi connectivity index (χ1) is 5.29. The van der Waals surface area contributed by atoms with Crippen LogP contribution in [0.15, 0.2) is 0 Å². The van der Waals surface area contributed by atoms with E-state index in [4.69, 9.17) is 4.55 Å². The van der Waals surface area contributed by atoms with Gasteiger partial charge in [-0.1, -0.05) is 19.3 Å². The third-order valence-corrected chi connectivity index (χ3v) is 2.47. The van der Waals surface area contributed by atoms with Crippen molar-refractivity contribution in [3.63, 3.8) is 0 Å². The summed E-state index contributed by atoms with van der Waals surface area (Å²) in [6.07, 6.45) is 6.09. The first-order valence-corrected chi connectivity index (χ1v) is 5.06. The van der Waals surface area contributed by atoms with Crippen molar-refractivity contribution in [2.24, 2.45) is 5.92 Å². The van der Waals surface area contributed by atoms with Crippen LogP contribution in [-0.2, 0) is 15.5 Å². The average molecular weight is 178 g/mol. The van der Waals surface area contributed by atoms with Crippen molar-refractivity contribution in [1.29, 1.82) is 0 Å². The monoisotopic (exact) mass is 178 g/mol. The van der Waals surface area contributed by atoms with E-state index in [1.807, 2.05) is 0 Å². The van der Waals surface area contributed by atoms with Crippen molar-refractivity contribution in [2.75, 3.05) is 6.61 Å². The van der Waals surface area contributed by atoms with E-state index < -0.39 is 11.4 Å². The van der Waals surface area contributed by atoms with E-state index in [1.54, 1.807) is 0 Å². The molecule has 0 aromatic heterocycles. The minimum absolute atomic E-state index is 0.448. The molecule has 1 atom stereocenters. The zero-order valence-electron chi connectivity index (χ0n) is 6.49. The molecule has 0 aromatic rings. The van der Waals surface area contributed by atoms with Crippen molar-refractivity contribution >= 4 is 11.4 Å². The standard InChI is InChI=1S/C7H14O3S/c8-11(9)10-6-7-4-2-1-3-5-7/h7H,1-6H2,(H,8,9). The fourth-order valence-electron chi connectivity index (χ4n) is 1.51. The second kappa shape index (κ2) is 4.85. The van der Waals surface area contributed by atoms with Crippen molar-refractivity contribution in [1.82, 2.24) is 0 Å². The molecule has 1 unspecified atom stereocenters. The molecule has 11 heavy (non-hydrogen) atoms. The Morgan fingerprint density at radius 2 is 2.00 bits per heavy atom. The molecular weight excluding hydrogens is 164 g/mol. The van der Waals surface area contributed by atoms with Gasteiger partial charge in [0.1, 0.15) is 0 Å². The fraction of sp³-hybridized carbons (Fsp3) is 1.00. The van der Waals surface area contributed by atoms with Crippen LogP contribution in [0, 0.1) is 5.92 Å². The predicted molar refractivity (Wildman–Crippen MR) is 43.3 cm³/mol. The molecule has 0 spiro atoms. The maximum absolute atomic E-state index is 10.1. The highest BCUT2D eigenvalue weighted by Gasteiger charge is 2.14. The average Bonchev–Trinajstić information content (AvgIpc) is 2.03. The normalized spacial score (nSPS) is 23.4. The maximum atomic E-state index is 10.1. The Labute approximate surface area is 69.6 Å². The van der Waals surface area contributed by atoms with E-state index in [0.717, 1.165) is 12.8 Å². The fourth-order valence-corrected chi connectivity index (χ4v) is 1.82. The Balaban J connectivity index is 2.09. The summed E-state index contributed by atoms with van der Waals surface area (Å²) in [6, 6.07) is 0. The van der Waals surface area contributed by atoms with Crippen molar-refractivity contribution in [2.45, 2.75) is 32.1 Å². The van der Waals surface area contributed by atoms with Gasteiger partial charge >= 0.3 is 11.4 Å². The molecule has 1 N–H and O–H groups in total. The quantitative estimate of drug-likeness (QED) is 0.669. The van der Waals surface area contributed by atoms with Crippen LogP contribution in [0.5, 0.6) is 0 Å². The smallest absolute Gasteiger partial charge is 0.284 e. The molecule has 0 radical (unpaired) electrons. The topological polar surface area (TPSA) is 46.5 Å². The number of hydrogen-bond acceptors (Lipinski definition) is 2. The molecule has 1 saturated carbocycles. The van der Waals surface area contributed by atoms with Crippen LogP contribution in [0.4, 0.5) is 0 Å². The van der Waals surface area contributed by atoms with Gasteiger partial charge in [-0.3, -0.25) is 8.74 Å². The zero-order chi connectivity index (χ0) is 8.10. The Hall–Kier alpha value is 0.0700. The molecule has 0 aliphatic heterocycles. The lowest BCUT2D eigenvalue weighted by Crippen LogP contribution is -2.13. The second-order valence-electron chi connectivity index (χ2n) is 3.01. The van der Waals surface area contributed by atoms with Crippen LogP contribution in [0.25, 0.3) is 0 Å². The van der Waals surface area contributed by atoms with Gasteiger partial charge in [0.25, 0.3) is 0 Å². The van der Waals surface area contributed by atoms with Gasteiger partial charge in [-0.15, -0.1) is 0 Å². The van der Waals surface area contributed by atoms with Gasteiger partial charge in [0.05, 0.1) is 6.61 Å². The van der Waals surface area contributed by atoms with Gasteiger partial charge in [0.2, 0.25) is 0 Å². The molecule has 4 heteroatoms. The number of hydrogen-bond donors (Lipinski definition) is 1. The first-order valence-electron chi connectivity index (χ1n) is 4.03. The van der Waals surface area contributed by atoms with Crippen molar-refractivity contribution in [3.8, 4) is 0 Å². The molecule has 0 heterocycles. The summed E-state index contributed by atoms with van der Waals surface area (Å²) in [4.78, 5) is 0. The third kappa shape index (κ3) is 3.84. The molecule has 3 nitrogen and oxygen atoms in total. The lowest BCUT2D eigenvalue weighted by atomic mass is 9.90. The minimum atomic E-state index is -2.07. The lowest BCUT2D eigenvalue weighted by Gasteiger charge is -2.19. The molecule has 66 valence electrons. The highest BCUT2D eigenvalue weighted by molar-refractivity contribution is 7.74. The van der Waals surface area contributed by atoms with E-state index in [9.17, 15) is 4.21 Å². The molecule has 1 fully saturated rings. The second-order valence-corrected chi connectivity index (χ2v) is 3.68. The highest BCUT2D eigenvalue weighted by Crippen LogP contribution is 2.23. The number of rotatable bonds is 3. The predicted octanol–water partition coefficient (Wildman–Crippen LogP) is 1.72. The summed E-state index contributed by atoms with van der Waals surface area (Å²) in [7, 11) is 0. The third-order valence-electron chi connectivity index (χ3n) is 2.13. The van der Waals surface area contributed by atoms with Gasteiger partial charge in [0, 0.05) is 0 Å². The minimum Gasteiger partial charge on any atom is -0.284 e. The van der Waals surface area contributed by atoms with Crippen LogP contribution in [0.1, 0.15) is 32.1 Å². The largest absolute Gasteiger partial charge is 0.301 e. The molecule has 1 aliphatic carbocycles. The molecular formula is C7H14O3S. The summed E-state index contributed by atoms with van der Waals surface area (Å²) in [6.45, 7) is 0.448. The Morgan fingerprint density at radius 3 is 2.55 bits per heavy atom. The zero-order valence-corrected chi connectivity index (χ0v) is 7.31. The van der Waals surface area contributed by atoms with Gasteiger partial charge in [-0.2, -0.15) is 4.21 Å². The highest BCUT2D eigenvalue weighted by atomic mass is 32.2. The molecule has 0 bridgehead atoms. The summed E-state index contributed by atoms with van der Waals surface area (Å²) in [5, 5.41) is 0. The van der Waals surface area contributed by atoms with Gasteiger partial charge in [0.15, 0.2) is 0 Å². The van der Waals surface area contributed by atoms with E-state index in [1.165, 1.54) is 19.3 Å². The summed E-state index contributed by atoms with van der Waals surface area (Å²) < 4.78 is 23.1. The van der Waals surface area contributed by atoms with Crippen LogP contribution >= 0.6 is 0 Å². The molecule has 1 aliphatic rings. The van der Waals surface area contributed by atoms with Crippen molar-refractivity contribution < 1.29 is 12.9 Å². The van der Waals surface area contributed by atoms with Crippen LogP contribution in [-0.4, -0.2) is 15.4 Å². The first kappa shape index (κ1) is 9.16. The summed E-state index contributed by atoms with van der Waals surface area (Å²) in [5.74, 6) is 0.514. The van der Waals surface area contributed by atoms with Gasteiger partial charge in [-0.25, -0.2) is 0 Å². The van der Waals surface area contributed by atoms with Crippen LogP contribution in [0.3, 0.4) is 0 Å².